The fourth-order valence-corrected chi connectivity index (χ4v) is 2.78. The van der Waals surface area contributed by atoms with Crippen LogP contribution in [-0.4, -0.2) is 46.9 Å². The molecule has 0 aliphatic carbocycles. The molecule has 0 radical (unpaired) electrons. The summed E-state index contributed by atoms with van der Waals surface area (Å²) in [6.45, 7) is 6.22. The summed E-state index contributed by atoms with van der Waals surface area (Å²) in [4.78, 5) is 14.7. The maximum atomic E-state index is 12.4. The third-order valence-corrected chi connectivity index (χ3v) is 3.93. The van der Waals surface area contributed by atoms with E-state index in [-0.39, 0.29) is 5.91 Å². The van der Waals surface area contributed by atoms with E-state index >= 15 is 0 Å². The van der Waals surface area contributed by atoms with Gasteiger partial charge in [0.1, 0.15) is 5.69 Å². The van der Waals surface area contributed by atoms with Gasteiger partial charge in [0.15, 0.2) is 0 Å². The van der Waals surface area contributed by atoms with Crippen molar-refractivity contribution >= 4 is 11.6 Å². The van der Waals surface area contributed by atoms with E-state index in [1.54, 1.807) is 17.8 Å². The molecule has 1 aliphatic heterocycles. The van der Waals surface area contributed by atoms with E-state index in [0.717, 1.165) is 44.2 Å². The fraction of sp³-hybridized carbons (Fsp3) is 0.412. The molecule has 1 aliphatic rings. The summed E-state index contributed by atoms with van der Waals surface area (Å²) in [7, 11) is 1.77. The smallest absolute Gasteiger partial charge is 0.273 e. The number of nitrogens with zero attached hydrogens (tertiary/aromatic N) is 3. The van der Waals surface area contributed by atoms with E-state index < -0.39 is 0 Å². The Morgan fingerprint density at radius 3 is 2.78 bits per heavy atom. The molecule has 1 N–H and O–H groups in total. The molecular formula is C17H22N4O2. The summed E-state index contributed by atoms with van der Waals surface area (Å²) < 4.78 is 6.97. The van der Waals surface area contributed by atoms with E-state index in [2.05, 4.69) is 21.4 Å². The van der Waals surface area contributed by atoms with Crippen LogP contribution in [-0.2, 0) is 18.3 Å². The Morgan fingerprint density at radius 2 is 2.09 bits per heavy atom. The molecule has 0 bridgehead atoms. The van der Waals surface area contributed by atoms with E-state index in [9.17, 15) is 4.79 Å². The van der Waals surface area contributed by atoms with Gasteiger partial charge in [-0.25, -0.2) is 0 Å². The van der Waals surface area contributed by atoms with Crippen LogP contribution in [0.1, 0.15) is 21.7 Å². The van der Waals surface area contributed by atoms with Crippen LogP contribution in [0.4, 0.5) is 5.69 Å². The number of hydrogen-bond acceptors (Lipinski definition) is 4. The van der Waals surface area contributed by atoms with Crippen LogP contribution in [0, 0.1) is 6.92 Å². The second-order valence-electron chi connectivity index (χ2n) is 5.84. The number of morpholine rings is 1. The highest BCUT2D eigenvalue weighted by molar-refractivity contribution is 6.03. The number of amides is 1. The monoisotopic (exact) mass is 314 g/mol. The number of hydrogen-bond donors (Lipinski definition) is 1. The van der Waals surface area contributed by atoms with Crippen LogP contribution in [0.2, 0.25) is 0 Å². The Kier molecular flexibility index (Phi) is 4.73. The van der Waals surface area contributed by atoms with Gasteiger partial charge in [0, 0.05) is 32.4 Å². The molecule has 0 spiro atoms. The number of anilines is 1. The molecule has 1 amide bonds. The van der Waals surface area contributed by atoms with Crippen molar-refractivity contribution in [3.63, 3.8) is 0 Å². The molecule has 6 nitrogen and oxygen atoms in total. The number of aromatic nitrogens is 2. The SMILES string of the molecule is Cc1cc(C(=O)Nc2cccc(CN3CCOCC3)c2)n(C)n1. The lowest BCUT2D eigenvalue weighted by Crippen LogP contribution is -2.35. The molecule has 1 saturated heterocycles. The Bertz CT molecular complexity index is 690. The minimum atomic E-state index is -0.142. The Labute approximate surface area is 136 Å². The van der Waals surface area contributed by atoms with Gasteiger partial charge in [0.2, 0.25) is 0 Å². The van der Waals surface area contributed by atoms with Crippen LogP contribution >= 0.6 is 0 Å². The summed E-state index contributed by atoms with van der Waals surface area (Å²) in [5, 5.41) is 7.15. The van der Waals surface area contributed by atoms with Crippen LogP contribution in [0.15, 0.2) is 30.3 Å². The topological polar surface area (TPSA) is 59.4 Å². The lowest BCUT2D eigenvalue weighted by atomic mass is 10.1. The zero-order valence-electron chi connectivity index (χ0n) is 13.6. The van der Waals surface area contributed by atoms with Crippen molar-refractivity contribution in [2.24, 2.45) is 7.05 Å². The molecule has 23 heavy (non-hydrogen) atoms. The van der Waals surface area contributed by atoms with Crippen LogP contribution < -0.4 is 5.32 Å². The van der Waals surface area contributed by atoms with Crippen LogP contribution in [0.5, 0.6) is 0 Å². The summed E-state index contributed by atoms with van der Waals surface area (Å²) in [5.41, 5.74) is 3.38. The average molecular weight is 314 g/mol. The summed E-state index contributed by atoms with van der Waals surface area (Å²) >= 11 is 0. The van der Waals surface area contributed by atoms with Gasteiger partial charge in [-0.1, -0.05) is 12.1 Å². The zero-order valence-corrected chi connectivity index (χ0v) is 13.6. The number of carbonyl (C=O) groups is 1. The lowest BCUT2D eigenvalue weighted by Gasteiger charge is -2.26. The normalized spacial score (nSPS) is 15.6. The highest BCUT2D eigenvalue weighted by Crippen LogP contribution is 2.15. The Morgan fingerprint density at radius 1 is 1.30 bits per heavy atom. The van der Waals surface area contributed by atoms with Gasteiger partial charge >= 0.3 is 0 Å². The molecule has 2 aromatic rings. The number of benzene rings is 1. The number of ether oxygens (including phenoxy) is 1. The standard InChI is InChI=1S/C17H22N4O2/c1-13-10-16(20(2)19-13)17(22)18-15-5-3-4-14(11-15)12-21-6-8-23-9-7-21/h3-5,10-11H,6-9,12H2,1-2H3,(H,18,22). The molecule has 1 fully saturated rings. The van der Waals surface area contributed by atoms with Gasteiger partial charge in [-0.3, -0.25) is 14.4 Å². The second kappa shape index (κ2) is 6.93. The van der Waals surface area contributed by atoms with Crippen molar-refractivity contribution in [1.82, 2.24) is 14.7 Å². The van der Waals surface area contributed by atoms with Crippen molar-refractivity contribution in [2.45, 2.75) is 13.5 Å². The predicted octanol–water partition coefficient (Wildman–Crippen LogP) is 1.81. The van der Waals surface area contributed by atoms with Gasteiger partial charge in [-0.2, -0.15) is 5.10 Å². The first-order chi connectivity index (χ1) is 11.1. The van der Waals surface area contributed by atoms with Crippen molar-refractivity contribution < 1.29 is 9.53 Å². The van der Waals surface area contributed by atoms with E-state index in [1.807, 2.05) is 25.1 Å². The molecule has 6 heteroatoms. The molecule has 0 unspecified atom stereocenters. The second-order valence-corrected chi connectivity index (χ2v) is 5.84. The van der Waals surface area contributed by atoms with Gasteiger partial charge in [-0.15, -0.1) is 0 Å². The molecule has 1 aromatic heterocycles. The predicted molar refractivity (Wildman–Crippen MR) is 88.4 cm³/mol. The highest BCUT2D eigenvalue weighted by Gasteiger charge is 2.13. The van der Waals surface area contributed by atoms with Crippen molar-refractivity contribution in [1.29, 1.82) is 0 Å². The number of nitrogens with one attached hydrogen (secondary N) is 1. The third kappa shape index (κ3) is 3.97. The Balaban J connectivity index is 1.67. The largest absolute Gasteiger partial charge is 0.379 e. The molecule has 1 aromatic carbocycles. The lowest BCUT2D eigenvalue weighted by molar-refractivity contribution is 0.0342. The Hall–Kier alpha value is -2.18. The van der Waals surface area contributed by atoms with Crippen LogP contribution in [0.25, 0.3) is 0 Å². The van der Waals surface area contributed by atoms with Gasteiger partial charge in [-0.05, 0) is 30.7 Å². The number of carbonyl (C=O) groups excluding carboxylic acids is 1. The summed E-state index contributed by atoms with van der Waals surface area (Å²) in [6, 6.07) is 9.77. The molecule has 122 valence electrons. The van der Waals surface area contributed by atoms with Gasteiger partial charge < -0.3 is 10.1 Å². The maximum Gasteiger partial charge on any atom is 0.273 e. The first-order valence-electron chi connectivity index (χ1n) is 7.83. The van der Waals surface area contributed by atoms with Crippen LogP contribution in [0.3, 0.4) is 0 Å². The number of aryl methyl sites for hydroxylation is 2. The number of rotatable bonds is 4. The van der Waals surface area contributed by atoms with Gasteiger partial charge in [0.05, 0.1) is 18.9 Å². The summed E-state index contributed by atoms with van der Waals surface area (Å²) in [5.74, 6) is -0.142. The first kappa shape index (κ1) is 15.7. The molecular weight excluding hydrogens is 292 g/mol. The van der Waals surface area contributed by atoms with E-state index in [1.165, 1.54) is 5.56 Å². The molecule has 3 rings (SSSR count). The van der Waals surface area contributed by atoms with E-state index in [4.69, 9.17) is 4.74 Å². The average Bonchev–Trinajstić information content (AvgIpc) is 2.87. The third-order valence-electron chi connectivity index (χ3n) is 3.93. The first-order valence-corrected chi connectivity index (χ1v) is 7.83. The molecule has 0 atom stereocenters. The minimum Gasteiger partial charge on any atom is -0.379 e. The van der Waals surface area contributed by atoms with Crippen molar-refractivity contribution in [2.75, 3.05) is 31.6 Å². The zero-order chi connectivity index (χ0) is 16.2. The maximum absolute atomic E-state index is 12.4. The summed E-state index contributed by atoms with van der Waals surface area (Å²) in [6.07, 6.45) is 0. The van der Waals surface area contributed by atoms with Gasteiger partial charge in [0.25, 0.3) is 5.91 Å². The van der Waals surface area contributed by atoms with Crippen molar-refractivity contribution in [3.8, 4) is 0 Å². The minimum absolute atomic E-state index is 0.142. The quantitative estimate of drug-likeness (QED) is 0.935. The highest BCUT2D eigenvalue weighted by atomic mass is 16.5. The van der Waals surface area contributed by atoms with E-state index in [0.29, 0.717) is 5.69 Å². The fourth-order valence-electron chi connectivity index (χ4n) is 2.78. The van der Waals surface area contributed by atoms with Crippen molar-refractivity contribution in [3.05, 3.63) is 47.3 Å². The molecule has 2 heterocycles. The molecule has 0 saturated carbocycles.